The second kappa shape index (κ2) is 8.37. The summed E-state index contributed by atoms with van der Waals surface area (Å²) >= 11 is 0. The number of benzene rings is 2. The number of hydrogen-bond acceptors (Lipinski definition) is 4. The van der Waals surface area contributed by atoms with Crippen molar-refractivity contribution in [2.45, 2.75) is 38.6 Å². The van der Waals surface area contributed by atoms with Crippen molar-refractivity contribution in [2.24, 2.45) is 5.41 Å². The van der Waals surface area contributed by atoms with Crippen molar-refractivity contribution < 1.29 is 19.1 Å². The molecule has 2 atom stereocenters. The molecule has 0 aromatic heterocycles. The van der Waals surface area contributed by atoms with Gasteiger partial charge in [0.25, 0.3) is 0 Å². The van der Waals surface area contributed by atoms with Crippen LogP contribution in [0.1, 0.15) is 19.4 Å². The molecule has 1 fully saturated rings. The van der Waals surface area contributed by atoms with E-state index in [1.165, 1.54) is 0 Å². The van der Waals surface area contributed by atoms with Gasteiger partial charge >= 0.3 is 11.9 Å². The van der Waals surface area contributed by atoms with E-state index in [0.29, 0.717) is 0 Å². The molecule has 2 aromatic carbocycles. The van der Waals surface area contributed by atoms with Gasteiger partial charge in [0.05, 0.1) is 5.54 Å². The first-order valence-electron chi connectivity index (χ1n) is 9.88. The summed E-state index contributed by atoms with van der Waals surface area (Å²) in [5.74, 6) is -0.831. The zero-order valence-electron chi connectivity index (χ0n) is 17.4. The molecule has 0 bridgehead atoms. The number of hydrogen-bond donors (Lipinski definition) is 0. The Hall–Kier alpha value is -2.66. The van der Waals surface area contributed by atoms with Crippen LogP contribution in [0.3, 0.4) is 0 Å². The first-order valence-corrected chi connectivity index (χ1v) is 13.0. The molecule has 4 nitrogen and oxygen atoms in total. The molecule has 0 N–H and O–H groups in total. The number of rotatable bonds is 6. The molecule has 0 spiro atoms. The Morgan fingerprint density at radius 1 is 1.10 bits per heavy atom. The lowest BCUT2D eigenvalue weighted by Gasteiger charge is -2.31. The average Bonchev–Trinajstić information content (AvgIpc) is 2.96. The zero-order valence-corrected chi connectivity index (χ0v) is 18.4. The van der Waals surface area contributed by atoms with E-state index >= 15 is 0 Å². The van der Waals surface area contributed by atoms with Crippen LogP contribution in [0, 0.1) is 5.41 Å². The van der Waals surface area contributed by atoms with Crippen LogP contribution >= 0.6 is 0 Å². The van der Waals surface area contributed by atoms with Crippen molar-refractivity contribution in [3.05, 3.63) is 72.3 Å². The summed E-state index contributed by atoms with van der Waals surface area (Å²) < 4.78 is 10.9. The minimum atomic E-state index is -2.28. The van der Waals surface area contributed by atoms with Crippen LogP contribution in [0.4, 0.5) is 0 Å². The van der Waals surface area contributed by atoms with E-state index in [1.807, 2.05) is 74.5 Å². The van der Waals surface area contributed by atoms with Crippen molar-refractivity contribution in [1.82, 2.24) is 0 Å². The Kier molecular flexibility index (Phi) is 6.08. The van der Waals surface area contributed by atoms with E-state index in [2.05, 4.69) is 25.2 Å². The molecule has 0 saturated carbocycles. The van der Waals surface area contributed by atoms with Crippen molar-refractivity contribution in [2.75, 3.05) is 6.61 Å². The van der Waals surface area contributed by atoms with Gasteiger partial charge in [0, 0.05) is 5.41 Å². The van der Waals surface area contributed by atoms with Crippen LogP contribution in [0.15, 0.2) is 66.7 Å². The topological polar surface area (TPSA) is 52.6 Å². The van der Waals surface area contributed by atoms with E-state index in [-0.39, 0.29) is 12.6 Å². The molecular formula is C24H28O4Si. The number of carbonyl (C=O) groups is 2. The van der Waals surface area contributed by atoms with Crippen LogP contribution < -0.4 is 5.19 Å². The van der Waals surface area contributed by atoms with E-state index in [9.17, 15) is 9.59 Å². The summed E-state index contributed by atoms with van der Waals surface area (Å²) in [4.78, 5) is 25.5. The maximum Gasteiger partial charge on any atom is 0.348 e. The van der Waals surface area contributed by atoms with Crippen LogP contribution in [-0.4, -0.2) is 32.7 Å². The molecule has 1 heterocycles. The molecule has 2 aromatic rings. The van der Waals surface area contributed by atoms with E-state index < -0.39 is 31.1 Å². The van der Waals surface area contributed by atoms with Crippen molar-refractivity contribution in [3.8, 4) is 0 Å². The van der Waals surface area contributed by atoms with Crippen molar-refractivity contribution in [3.63, 3.8) is 0 Å². The lowest BCUT2D eigenvalue weighted by atomic mass is 9.90. The number of cyclic esters (lactones) is 1. The third kappa shape index (κ3) is 4.67. The van der Waals surface area contributed by atoms with Crippen molar-refractivity contribution >= 4 is 31.3 Å². The molecule has 1 aliphatic rings. The lowest BCUT2D eigenvalue weighted by Crippen LogP contribution is -2.49. The molecule has 0 amide bonds. The normalized spacial score (nSPS) is 19.7. The number of carbonyl (C=O) groups excluding carboxylic acids is 2. The molecule has 0 aliphatic carbocycles. The van der Waals surface area contributed by atoms with Crippen LogP contribution in [0.2, 0.25) is 18.6 Å². The van der Waals surface area contributed by atoms with Crippen LogP contribution in [-0.2, 0) is 19.1 Å². The highest BCUT2D eigenvalue weighted by Gasteiger charge is 2.48. The first-order chi connectivity index (χ1) is 13.7. The smallest absolute Gasteiger partial charge is 0.348 e. The third-order valence-electron chi connectivity index (χ3n) is 5.57. The predicted octanol–water partition coefficient (Wildman–Crippen LogP) is 4.18. The van der Waals surface area contributed by atoms with Crippen LogP contribution in [0.25, 0.3) is 6.08 Å². The molecule has 3 rings (SSSR count). The lowest BCUT2D eigenvalue weighted by molar-refractivity contribution is -0.162. The van der Waals surface area contributed by atoms with E-state index in [1.54, 1.807) is 0 Å². The highest BCUT2D eigenvalue weighted by atomic mass is 28.3. The fourth-order valence-electron chi connectivity index (χ4n) is 3.56. The molecular weight excluding hydrogens is 380 g/mol. The quantitative estimate of drug-likeness (QED) is 0.531. The Morgan fingerprint density at radius 2 is 1.69 bits per heavy atom. The third-order valence-corrected chi connectivity index (χ3v) is 9.38. The average molecular weight is 409 g/mol. The van der Waals surface area contributed by atoms with Gasteiger partial charge in [-0.05, 0) is 5.56 Å². The van der Waals surface area contributed by atoms with Gasteiger partial charge in [-0.2, -0.15) is 0 Å². The maximum atomic E-state index is 13.3. The van der Waals surface area contributed by atoms with Gasteiger partial charge in [-0.3, -0.25) is 4.79 Å². The van der Waals surface area contributed by atoms with Gasteiger partial charge in [-0.15, -0.1) is 0 Å². The van der Waals surface area contributed by atoms with E-state index in [4.69, 9.17) is 9.47 Å². The van der Waals surface area contributed by atoms with E-state index in [0.717, 1.165) is 10.8 Å². The number of ether oxygens (including phenoxy) is 2. The van der Waals surface area contributed by atoms with Crippen molar-refractivity contribution in [1.29, 1.82) is 0 Å². The SMILES string of the molecule is CC1(C)COC(=O)[C@@H]1OC(=O)[C@H](/C=C/c1ccccc1)[Si](C)(C)c1ccccc1. The fourth-order valence-corrected chi connectivity index (χ4v) is 6.20. The van der Waals surface area contributed by atoms with Gasteiger partial charge in [-0.25, -0.2) is 4.79 Å². The highest BCUT2D eigenvalue weighted by molar-refractivity contribution is 6.93. The Bertz CT molecular complexity index is 888. The number of esters is 2. The Balaban J connectivity index is 1.93. The summed E-state index contributed by atoms with van der Waals surface area (Å²) in [6.07, 6.45) is 3.02. The summed E-state index contributed by atoms with van der Waals surface area (Å²) in [6, 6.07) is 20.0. The van der Waals surface area contributed by atoms with Crippen LogP contribution in [0.5, 0.6) is 0 Å². The fraction of sp³-hybridized carbons (Fsp3) is 0.333. The summed E-state index contributed by atoms with van der Waals surface area (Å²) in [5.41, 5.74) is 0.0527. The highest BCUT2D eigenvalue weighted by Crippen LogP contribution is 2.34. The molecule has 1 saturated heterocycles. The molecule has 5 heteroatoms. The van der Waals surface area contributed by atoms with Gasteiger partial charge in [-0.1, -0.05) is 105 Å². The van der Waals surface area contributed by atoms with Gasteiger partial charge < -0.3 is 9.47 Å². The summed E-state index contributed by atoms with van der Waals surface area (Å²) in [6.45, 7) is 8.33. The molecule has 1 aliphatic heterocycles. The largest absolute Gasteiger partial charge is 0.462 e. The first kappa shape index (κ1) is 21.1. The molecule has 0 radical (unpaired) electrons. The molecule has 29 heavy (non-hydrogen) atoms. The zero-order chi connectivity index (χ0) is 21.1. The maximum absolute atomic E-state index is 13.3. The Morgan fingerprint density at radius 3 is 2.24 bits per heavy atom. The minimum absolute atomic E-state index is 0.258. The van der Waals surface area contributed by atoms with Gasteiger partial charge in [0.1, 0.15) is 14.7 Å². The monoisotopic (exact) mass is 408 g/mol. The summed E-state index contributed by atoms with van der Waals surface area (Å²) in [5, 5.41) is 1.16. The second-order valence-corrected chi connectivity index (χ2v) is 13.4. The summed E-state index contributed by atoms with van der Waals surface area (Å²) in [7, 11) is -2.28. The molecule has 152 valence electrons. The second-order valence-electron chi connectivity index (χ2n) is 8.75. The molecule has 0 unspecified atom stereocenters. The standard InChI is InChI=1S/C24H28O4Si/c1-24(2)17-27-23(26)21(24)28-22(25)20(16-15-18-11-7-5-8-12-18)29(3,4)19-13-9-6-10-14-19/h5-16,20-21H,17H2,1-4H3/b16-15+/t20-,21-/m0/s1. The predicted molar refractivity (Wildman–Crippen MR) is 117 cm³/mol. The van der Waals surface area contributed by atoms with Gasteiger partial charge in [0.15, 0.2) is 0 Å². The minimum Gasteiger partial charge on any atom is -0.462 e. The Labute approximate surface area is 173 Å². The van der Waals surface area contributed by atoms with Gasteiger partial charge in [0.2, 0.25) is 6.10 Å².